The lowest BCUT2D eigenvalue weighted by Crippen LogP contribution is -2.44. The molecule has 0 aliphatic heterocycles. The second-order valence-corrected chi connectivity index (χ2v) is 8.30. The van der Waals surface area contributed by atoms with E-state index < -0.39 is 5.60 Å². The summed E-state index contributed by atoms with van der Waals surface area (Å²) in [6.45, 7) is 8.26. The fourth-order valence-corrected chi connectivity index (χ4v) is 3.38. The van der Waals surface area contributed by atoms with Crippen LogP contribution in [0.3, 0.4) is 0 Å². The minimum atomic E-state index is -0.444. The van der Waals surface area contributed by atoms with Gasteiger partial charge in [-0.25, -0.2) is 4.79 Å². The van der Waals surface area contributed by atoms with Gasteiger partial charge in [-0.15, -0.1) is 0 Å². The van der Waals surface area contributed by atoms with Gasteiger partial charge in [0.05, 0.1) is 0 Å². The van der Waals surface area contributed by atoms with Gasteiger partial charge < -0.3 is 20.1 Å². The first-order valence-corrected chi connectivity index (χ1v) is 9.16. The predicted octanol–water partition coefficient (Wildman–Crippen LogP) is 2.92. The summed E-state index contributed by atoms with van der Waals surface area (Å²) >= 11 is 0. The lowest BCUT2D eigenvalue weighted by Gasteiger charge is -2.36. The zero-order chi connectivity index (χ0) is 16.9. The van der Waals surface area contributed by atoms with Crippen LogP contribution >= 0.6 is 0 Å². The van der Waals surface area contributed by atoms with Crippen molar-refractivity contribution in [3.05, 3.63) is 0 Å². The third-order valence-electron chi connectivity index (χ3n) is 4.89. The van der Waals surface area contributed by atoms with Crippen LogP contribution in [0.25, 0.3) is 0 Å². The summed E-state index contributed by atoms with van der Waals surface area (Å²) in [6.07, 6.45) is 7.90. The number of ether oxygens (including phenoxy) is 1. The Labute approximate surface area is 140 Å². The van der Waals surface area contributed by atoms with E-state index in [0.29, 0.717) is 12.6 Å². The number of hydrogen-bond donors (Lipinski definition) is 2. The van der Waals surface area contributed by atoms with Gasteiger partial charge >= 0.3 is 6.09 Å². The summed E-state index contributed by atoms with van der Waals surface area (Å²) in [5, 5.41) is 13.2. The normalized spacial score (nSPS) is 21.0. The number of nitrogens with one attached hydrogen (secondary N) is 1. The molecule has 23 heavy (non-hydrogen) atoms. The summed E-state index contributed by atoms with van der Waals surface area (Å²) in [5.41, 5.74) is -0.394. The van der Waals surface area contributed by atoms with Crippen LogP contribution in [0.2, 0.25) is 0 Å². The van der Waals surface area contributed by atoms with Crippen molar-refractivity contribution in [3.63, 3.8) is 0 Å². The van der Waals surface area contributed by atoms with Crippen LogP contribution in [-0.2, 0) is 4.74 Å². The van der Waals surface area contributed by atoms with Crippen molar-refractivity contribution >= 4 is 6.09 Å². The van der Waals surface area contributed by atoms with E-state index in [9.17, 15) is 9.90 Å². The number of carbonyl (C=O) groups excluding carboxylic acids is 1. The molecule has 0 spiro atoms. The van der Waals surface area contributed by atoms with Crippen LogP contribution in [0.5, 0.6) is 0 Å². The maximum absolute atomic E-state index is 12.3. The van der Waals surface area contributed by atoms with E-state index >= 15 is 0 Å². The smallest absolute Gasteiger partial charge is 0.410 e. The molecule has 0 unspecified atom stereocenters. The molecule has 0 atom stereocenters. The van der Waals surface area contributed by atoms with Gasteiger partial charge in [0.15, 0.2) is 0 Å². The highest BCUT2D eigenvalue weighted by Gasteiger charge is 2.35. The summed E-state index contributed by atoms with van der Waals surface area (Å²) in [5.74, 6) is 0. The molecule has 2 aliphatic carbocycles. The van der Waals surface area contributed by atoms with Crippen molar-refractivity contribution in [1.82, 2.24) is 10.2 Å². The maximum Gasteiger partial charge on any atom is 0.410 e. The molecule has 0 heterocycles. The zero-order valence-corrected chi connectivity index (χ0v) is 15.1. The molecule has 0 bridgehead atoms. The van der Waals surface area contributed by atoms with Gasteiger partial charge in [-0.1, -0.05) is 19.3 Å². The molecule has 0 aromatic heterocycles. The Morgan fingerprint density at radius 1 is 1.26 bits per heavy atom. The van der Waals surface area contributed by atoms with Crippen LogP contribution in [0.1, 0.15) is 65.7 Å². The topological polar surface area (TPSA) is 61.8 Å². The highest BCUT2D eigenvalue weighted by molar-refractivity contribution is 5.69. The van der Waals surface area contributed by atoms with Crippen LogP contribution in [-0.4, -0.2) is 54.0 Å². The van der Waals surface area contributed by atoms with E-state index in [0.717, 1.165) is 38.8 Å². The Morgan fingerprint density at radius 2 is 1.91 bits per heavy atom. The molecule has 0 saturated heterocycles. The van der Waals surface area contributed by atoms with E-state index in [4.69, 9.17) is 4.74 Å². The molecule has 5 heteroatoms. The molecular weight excluding hydrogens is 292 g/mol. The van der Waals surface area contributed by atoms with E-state index in [-0.39, 0.29) is 18.1 Å². The number of nitrogens with zero attached hydrogens (tertiary/aromatic N) is 1. The fourth-order valence-electron chi connectivity index (χ4n) is 3.38. The monoisotopic (exact) mass is 326 g/mol. The molecule has 0 radical (unpaired) electrons. The second kappa shape index (κ2) is 7.84. The fraction of sp³-hybridized carbons (Fsp3) is 0.944. The van der Waals surface area contributed by atoms with Gasteiger partial charge in [0.1, 0.15) is 5.60 Å². The number of amides is 1. The molecule has 2 rings (SSSR count). The number of aliphatic hydroxyl groups excluding tert-OH is 1. The molecule has 0 aromatic carbocycles. The molecule has 134 valence electrons. The van der Waals surface area contributed by atoms with E-state index in [2.05, 4.69) is 5.32 Å². The minimum Gasteiger partial charge on any atom is -0.444 e. The largest absolute Gasteiger partial charge is 0.444 e. The van der Waals surface area contributed by atoms with E-state index in [1.165, 1.54) is 19.3 Å². The van der Waals surface area contributed by atoms with Gasteiger partial charge in [-0.2, -0.15) is 0 Å². The molecule has 2 saturated carbocycles. The summed E-state index contributed by atoms with van der Waals surface area (Å²) in [6, 6.07) is 0.355. The first kappa shape index (κ1) is 18.5. The minimum absolute atomic E-state index is 0.0502. The number of carbonyl (C=O) groups is 1. The lowest BCUT2D eigenvalue weighted by atomic mass is 9.74. The van der Waals surface area contributed by atoms with Crippen LogP contribution < -0.4 is 5.32 Å². The van der Waals surface area contributed by atoms with E-state index in [1.54, 1.807) is 0 Å². The number of hydrogen-bond acceptors (Lipinski definition) is 4. The van der Waals surface area contributed by atoms with Gasteiger partial charge in [-0.3, -0.25) is 0 Å². The third kappa shape index (κ3) is 5.96. The highest BCUT2D eigenvalue weighted by atomic mass is 16.6. The Bertz CT molecular complexity index is 382. The number of rotatable bonds is 7. The standard InChI is InChI=1S/C18H34N2O3/c1-17(2,3)23-16(22)20(15-7-8-15)12-11-19-13-18(14-21)9-5-4-6-10-18/h15,19,21H,4-14H2,1-3H3. The zero-order valence-electron chi connectivity index (χ0n) is 15.1. The first-order chi connectivity index (χ1) is 10.9. The molecule has 5 nitrogen and oxygen atoms in total. The van der Waals surface area contributed by atoms with Crippen LogP contribution in [0.15, 0.2) is 0 Å². The molecule has 2 fully saturated rings. The average molecular weight is 326 g/mol. The average Bonchev–Trinajstić information content (AvgIpc) is 3.31. The van der Waals surface area contributed by atoms with E-state index in [1.807, 2.05) is 25.7 Å². The molecule has 1 amide bonds. The quantitative estimate of drug-likeness (QED) is 0.706. The van der Waals surface area contributed by atoms with Gasteiger partial charge in [0.2, 0.25) is 0 Å². The second-order valence-electron chi connectivity index (χ2n) is 8.30. The molecule has 2 aliphatic rings. The van der Waals surface area contributed by atoms with Crippen molar-refractivity contribution in [2.75, 3.05) is 26.2 Å². The number of aliphatic hydroxyl groups is 1. The van der Waals surface area contributed by atoms with Crippen molar-refractivity contribution in [2.45, 2.75) is 77.4 Å². The van der Waals surface area contributed by atoms with Crippen molar-refractivity contribution in [3.8, 4) is 0 Å². The summed E-state index contributed by atoms with van der Waals surface area (Å²) in [4.78, 5) is 14.2. The Hall–Kier alpha value is -0.810. The molecular formula is C18H34N2O3. The molecule has 2 N–H and O–H groups in total. The molecule has 0 aromatic rings. The Balaban J connectivity index is 1.75. The Morgan fingerprint density at radius 3 is 2.43 bits per heavy atom. The maximum atomic E-state index is 12.3. The van der Waals surface area contributed by atoms with Crippen LogP contribution in [0.4, 0.5) is 4.79 Å². The van der Waals surface area contributed by atoms with Gasteiger partial charge in [-0.05, 0) is 46.5 Å². The van der Waals surface area contributed by atoms with Crippen LogP contribution in [0, 0.1) is 5.41 Å². The van der Waals surface area contributed by atoms with Crippen molar-refractivity contribution in [1.29, 1.82) is 0 Å². The highest BCUT2D eigenvalue weighted by Crippen LogP contribution is 2.35. The van der Waals surface area contributed by atoms with Gasteiger partial charge in [0.25, 0.3) is 0 Å². The summed E-state index contributed by atoms with van der Waals surface area (Å²) in [7, 11) is 0. The summed E-state index contributed by atoms with van der Waals surface area (Å²) < 4.78 is 5.51. The van der Waals surface area contributed by atoms with Crippen molar-refractivity contribution in [2.24, 2.45) is 5.41 Å². The SMILES string of the molecule is CC(C)(C)OC(=O)N(CCNCC1(CO)CCCCC1)C1CC1. The lowest BCUT2D eigenvalue weighted by molar-refractivity contribution is 0.0231. The first-order valence-electron chi connectivity index (χ1n) is 9.16. The third-order valence-corrected chi connectivity index (χ3v) is 4.89. The predicted molar refractivity (Wildman–Crippen MR) is 91.4 cm³/mol. The van der Waals surface area contributed by atoms with Gasteiger partial charge in [0, 0.05) is 37.7 Å². The van der Waals surface area contributed by atoms with Crippen molar-refractivity contribution < 1.29 is 14.6 Å². The Kier molecular flexibility index (Phi) is 6.32.